The van der Waals surface area contributed by atoms with Crippen molar-refractivity contribution in [1.29, 1.82) is 0 Å². The number of carbonyl (C=O) groups excluding carboxylic acids is 1. The van der Waals surface area contributed by atoms with Crippen molar-refractivity contribution in [2.24, 2.45) is 0 Å². The molecule has 1 aliphatic heterocycles. The molecule has 2 aromatic rings. The van der Waals surface area contributed by atoms with E-state index in [0.717, 1.165) is 5.56 Å². The fourth-order valence-corrected chi connectivity index (χ4v) is 3.14. The van der Waals surface area contributed by atoms with Gasteiger partial charge in [0.1, 0.15) is 0 Å². The number of amides is 1. The zero-order chi connectivity index (χ0) is 17.9. The van der Waals surface area contributed by atoms with Crippen LogP contribution in [0.25, 0.3) is 0 Å². The van der Waals surface area contributed by atoms with Gasteiger partial charge in [-0.05, 0) is 36.4 Å². The van der Waals surface area contributed by atoms with E-state index in [1.165, 1.54) is 7.05 Å². The number of hydrogen-bond donors (Lipinski definition) is 2. The molecule has 2 N–H and O–H groups in total. The van der Waals surface area contributed by atoms with Crippen LogP contribution in [0.1, 0.15) is 21.5 Å². The Morgan fingerprint density at radius 3 is 2.44 bits per heavy atom. The van der Waals surface area contributed by atoms with Crippen molar-refractivity contribution in [3.8, 4) is 11.5 Å². The van der Waals surface area contributed by atoms with Crippen molar-refractivity contribution in [2.75, 3.05) is 13.8 Å². The molecule has 0 fully saturated rings. The van der Waals surface area contributed by atoms with Crippen molar-refractivity contribution in [1.82, 2.24) is 10.0 Å². The fraction of sp³-hybridized carbons (Fsp3) is 0.235. The molecule has 0 radical (unpaired) electrons. The quantitative estimate of drug-likeness (QED) is 0.810. The SMILES string of the molecule is CNS(=O)(=O)Cc1ccc(CNC(=O)c2ccc3c(c2)OCO3)cc1. The topological polar surface area (TPSA) is 93.7 Å². The van der Waals surface area contributed by atoms with Gasteiger partial charge in [0.25, 0.3) is 5.91 Å². The van der Waals surface area contributed by atoms with E-state index in [1.807, 2.05) is 0 Å². The van der Waals surface area contributed by atoms with Crippen LogP contribution in [0.5, 0.6) is 11.5 Å². The lowest BCUT2D eigenvalue weighted by atomic mass is 10.1. The highest BCUT2D eigenvalue weighted by molar-refractivity contribution is 7.88. The number of nitrogens with one attached hydrogen (secondary N) is 2. The Morgan fingerprint density at radius 2 is 1.72 bits per heavy atom. The van der Waals surface area contributed by atoms with Crippen LogP contribution in [0.4, 0.5) is 0 Å². The molecule has 0 bridgehead atoms. The third kappa shape index (κ3) is 4.28. The third-order valence-electron chi connectivity index (χ3n) is 3.78. The van der Waals surface area contributed by atoms with Crippen LogP contribution in [-0.4, -0.2) is 28.2 Å². The van der Waals surface area contributed by atoms with Crippen LogP contribution in [-0.2, 0) is 22.3 Å². The number of fused-ring (bicyclic) bond motifs is 1. The van der Waals surface area contributed by atoms with Gasteiger partial charge in [-0.1, -0.05) is 24.3 Å². The average molecular weight is 362 g/mol. The zero-order valence-electron chi connectivity index (χ0n) is 13.6. The van der Waals surface area contributed by atoms with Gasteiger partial charge in [0.15, 0.2) is 11.5 Å². The molecule has 7 nitrogen and oxygen atoms in total. The first kappa shape index (κ1) is 17.2. The van der Waals surface area contributed by atoms with E-state index in [2.05, 4.69) is 10.0 Å². The maximum absolute atomic E-state index is 12.2. The van der Waals surface area contributed by atoms with Crippen LogP contribution in [0.3, 0.4) is 0 Å². The highest BCUT2D eigenvalue weighted by Crippen LogP contribution is 2.32. The fourth-order valence-electron chi connectivity index (χ4n) is 2.37. The van der Waals surface area contributed by atoms with E-state index in [4.69, 9.17) is 9.47 Å². The molecule has 0 saturated carbocycles. The molecule has 0 saturated heterocycles. The summed E-state index contributed by atoms with van der Waals surface area (Å²) in [7, 11) is -1.91. The summed E-state index contributed by atoms with van der Waals surface area (Å²) >= 11 is 0. The molecule has 1 heterocycles. The molecule has 132 valence electrons. The summed E-state index contributed by atoms with van der Waals surface area (Å²) in [6.45, 7) is 0.502. The molecule has 0 spiro atoms. The number of rotatable bonds is 6. The Kier molecular flexibility index (Phi) is 4.91. The summed E-state index contributed by atoms with van der Waals surface area (Å²) in [4.78, 5) is 12.2. The number of hydrogen-bond acceptors (Lipinski definition) is 5. The summed E-state index contributed by atoms with van der Waals surface area (Å²) in [6, 6.07) is 12.1. The van der Waals surface area contributed by atoms with E-state index in [9.17, 15) is 13.2 Å². The Morgan fingerprint density at radius 1 is 1.04 bits per heavy atom. The predicted molar refractivity (Wildman–Crippen MR) is 91.9 cm³/mol. The summed E-state index contributed by atoms with van der Waals surface area (Å²) < 4.78 is 35.8. The van der Waals surface area contributed by atoms with Crippen LogP contribution in [0.15, 0.2) is 42.5 Å². The Bertz CT molecular complexity index is 878. The monoisotopic (exact) mass is 362 g/mol. The van der Waals surface area contributed by atoms with Crippen molar-refractivity contribution < 1.29 is 22.7 Å². The molecular weight excluding hydrogens is 344 g/mol. The van der Waals surface area contributed by atoms with Gasteiger partial charge in [-0.15, -0.1) is 0 Å². The molecule has 1 aliphatic rings. The standard InChI is InChI=1S/C17H18N2O5S/c1-18-25(21,22)10-13-4-2-12(3-5-13)9-19-17(20)14-6-7-15-16(8-14)24-11-23-15/h2-8,18H,9-11H2,1H3,(H,19,20). The number of ether oxygens (including phenoxy) is 2. The van der Waals surface area contributed by atoms with E-state index in [1.54, 1.807) is 42.5 Å². The van der Waals surface area contributed by atoms with Gasteiger partial charge in [-0.25, -0.2) is 13.1 Å². The Hall–Kier alpha value is -2.58. The lowest BCUT2D eigenvalue weighted by Crippen LogP contribution is -2.23. The summed E-state index contributed by atoms with van der Waals surface area (Å²) in [5.74, 6) is 0.888. The average Bonchev–Trinajstić information content (AvgIpc) is 3.08. The molecule has 8 heteroatoms. The second-order valence-corrected chi connectivity index (χ2v) is 7.46. The van der Waals surface area contributed by atoms with E-state index in [-0.39, 0.29) is 18.5 Å². The normalized spacial score (nSPS) is 12.8. The van der Waals surface area contributed by atoms with E-state index >= 15 is 0 Å². The van der Waals surface area contributed by atoms with Gasteiger partial charge in [-0.3, -0.25) is 4.79 Å². The lowest BCUT2D eigenvalue weighted by Gasteiger charge is -2.07. The van der Waals surface area contributed by atoms with Gasteiger partial charge in [0, 0.05) is 12.1 Å². The van der Waals surface area contributed by atoms with Crippen molar-refractivity contribution in [2.45, 2.75) is 12.3 Å². The summed E-state index contributed by atoms with van der Waals surface area (Å²) in [5, 5.41) is 2.82. The number of carbonyl (C=O) groups is 1. The minimum atomic E-state index is -3.29. The predicted octanol–water partition coefficient (Wildman–Crippen LogP) is 1.39. The number of sulfonamides is 1. The Labute approximate surface area is 146 Å². The molecule has 2 aromatic carbocycles. The smallest absolute Gasteiger partial charge is 0.251 e. The highest BCUT2D eigenvalue weighted by Gasteiger charge is 2.16. The first-order valence-corrected chi connectivity index (χ1v) is 9.29. The molecule has 0 aliphatic carbocycles. The number of benzene rings is 2. The maximum atomic E-state index is 12.2. The third-order valence-corrected chi connectivity index (χ3v) is 5.11. The van der Waals surface area contributed by atoms with Crippen molar-refractivity contribution in [3.05, 3.63) is 59.2 Å². The van der Waals surface area contributed by atoms with Crippen molar-refractivity contribution in [3.63, 3.8) is 0 Å². The molecule has 25 heavy (non-hydrogen) atoms. The molecular formula is C17H18N2O5S. The molecule has 0 aromatic heterocycles. The second-order valence-electron chi connectivity index (χ2n) is 5.53. The van der Waals surface area contributed by atoms with Crippen LogP contribution in [0, 0.1) is 0 Å². The molecule has 3 rings (SSSR count). The zero-order valence-corrected chi connectivity index (χ0v) is 14.4. The summed E-state index contributed by atoms with van der Waals surface area (Å²) in [6.07, 6.45) is 0. The van der Waals surface area contributed by atoms with E-state index < -0.39 is 10.0 Å². The minimum Gasteiger partial charge on any atom is -0.454 e. The Balaban J connectivity index is 1.59. The van der Waals surface area contributed by atoms with Gasteiger partial charge < -0.3 is 14.8 Å². The van der Waals surface area contributed by atoms with Crippen LogP contribution < -0.4 is 19.5 Å². The largest absolute Gasteiger partial charge is 0.454 e. The molecule has 1 amide bonds. The second kappa shape index (κ2) is 7.12. The van der Waals surface area contributed by atoms with E-state index in [0.29, 0.717) is 29.2 Å². The van der Waals surface area contributed by atoms with Gasteiger partial charge in [0.05, 0.1) is 5.75 Å². The van der Waals surface area contributed by atoms with Crippen LogP contribution >= 0.6 is 0 Å². The molecule has 0 unspecified atom stereocenters. The van der Waals surface area contributed by atoms with Gasteiger partial charge >= 0.3 is 0 Å². The van der Waals surface area contributed by atoms with Gasteiger partial charge in [0.2, 0.25) is 16.8 Å². The van der Waals surface area contributed by atoms with Crippen molar-refractivity contribution >= 4 is 15.9 Å². The maximum Gasteiger partial charge on any atom is 0.251 e. The van der Waals surface area contributed by atoms with Crippen LogP contribution in [0.2, 0.25) is 0 Å². The highest BCUT2D eigenvalue weighted by atomic mass is 32.2. The molecule has 0 atom stereocenters. The minimum absolute atomic E-state index is 0.0761. The summed E-state index contributed by atoms with van der Waals surface area (Å²) in [5.41, 5.74) is 2.04. The van der Waals surface area contributed by atoms with Gasteiger partial charge in [-0.2, -0.15) is 0 Å². The first-order chi connectivity index (χ1) is 12.0. The lowest BCUT2D eigenvalue weighted by molar-refractivity contribution is 0.0950. The first-order valence-electron chi connectivity index (χ1n) is 7.64.